The van der Waals surface area contributed by atoms with Crippen molar-refractivity contribution in [2.75, 3.05) is 30.9 Å². The van der Waals surface area contributed by atoms with Crippen LogP contribution in [0.5, 0.6) is 0 Å². The number of benzene rings is 1. The predicted molar refractivity (Wildman–Crippen MR) is 79.9 cm³/mol. The Balaban J connectivity index is 1.97. The lowest BCUT2D eigenvalue weighted by molar-refractivity contribution is 0.948. The Morgan fingerprint density at radius 2 is 1.95 bits per heavy atom. The molecule has 2 aromatic rings. The second-order valence-corrected chi connectivity index (χ2v) is 4.92. The molecule has 0 saturated heterocycles. The maximum Gasteiger partial charge on any atom is 0.226 e. The van der Waals surface area contributed by atoms with Gasteiger partial charge in [-0.05, 0) is 11.6 Å². The Labute approximate surface area is 118 Å². The van der Waals surface area contributed by atoms with Crippen LogP contribution in [-0.2, 0) is 0 Å². The van der Waals surface area contributed by atoms with Gasteiger partial charge in [0.15, 0.2) is 0 Å². The van der Waals surface area contributed by atoms with Crippen molar-refractivity contribution in [2.45, 2.75) is 5.38 Å². The lowest BCUT2D eigenvalue weighted by Crippen LogP contribution is -2.15. The molecule has 0 aliphatic carbocycles. The molecule has 1 unspecified atom stereocenters. The molecule has 0 saturated carbocycles. The topological polar surface area (TPSA) is 41.1 Å². The van der Waals surface area contributed by atoms with Crippen LogP contribution in [-0.4, -0.2) is 30.6 Å². The number of nitrogens with zero attached hydrogens (tertiary/aromatic N) is 3. The molecule has 1 aromatic carbocycles. The molecule has 0 bridgehead atoms. The van der Waals surface area contributed by atoms with E-state index in [-0.39, 0.29) is 5.38 Å². The summed E-state index contributed by atoms with van der Waals surface area (Å²) in [5, 5.41) is 3.14. The highest BCUT2D eigenvalue weighted by Crippen LogP contribution is 2.20. The fourth-order valence-electron chi connectivity index (χ4n) is 1.64. The molecule has 2 rings (SSSR count). The van der Waals surface area contributed by atoms with E-state index in [1.807, 2.05) is 55.4 Å². The van der Waals surface area contributed by atoms with E-state index in [1.54, 1.807) is 6.20 Å². The van der Waals surface area contributed by atoms with E-state index in [2.05, 4.69) is 15.3 Å². The summed E-state index contributed by atoms with van der Waals surface area (Å²) in [6.07, 6.45) is 1.73. The highest BCUT2D eigenvalue weighted by atomic mass is 35.5. The van der Waals surface area contributed by atoms with Crippen molar-refractivity contribution in [1.82, 2.24) is 9.97 Å². The van der Waals surface area contributed by atoms with Crippen molar-refractivity contribution >= 4 is 23.4 Å². The summed E-state index contributed by atoms with van der Waals surface area (Å²) in [5.41, 5.74) is 1.10. The monoisotopic (exact) mass is 276 g/mol. The normalized spacial score (nSPS) is 11.9. The highest BCUT2D eigenvalue weighted by Gasteiger charge is 2.08. The van der Waals surface area contributed by atoms with Gasteiger partial charge in [-0.25, -0.2) is 4.98 Å². The zero-order valence-corrected chi connectivity index (χ0v) is 11.8. The van der Waals surface area contributed by atoms with Crippen LogP contribution < -0.4 is 10.2 Å². The van der Waals surface area contributed by atoms with Gasteiger partial charge < -0.3 is 10.2 Å². The van der Waals surface area contributed by atoms with E-state index in [9.17, 15) is 0 Å². The van der Waals surface area contributed by atoms with E-state index < -0.39 is 0 Å². The molecule has 0 aliphatic heterocycles. The van der Waals surface area contributed by atoms with E-state index >= 15 is 0 Å². The van der Waals surface area contributed by atoms with Gasteiger partial charge in [-0.1, -0.05) is 30.3 Å². The van der Waals surface area contributed by atoms with E-state index in [0.29, 0.717) is 12.5 Å². The Morgan fingerprint density at radius 3 is 2.63 bits per heavy atom. The number of hydrogen-bond acceptors (Lipinski definition) is 4. The van der Waals surface area contributed by atoms with Gasteiger partial charge in [0.2, 0.25) is 5.95 Å². The molecule has 5 heteroatoms. The van der Waals surface area contributed by atoms with Crippen LogP contribution in [0.1, 0.15) is 10.9 Å². The molecule has 19 heavy (non-hydrogen) atoms. The molecular weight excluding hydrogens is 260 g/mol. The molecule has 0 fully saturated rings. The van der Waals surface area contributed by atoms with E-state index in [4.69, 9.17) is 11.6 Å². The summed E-state index contributed by atoms with van der Waals surface area (Å²) in [7, 11) is 3.82. The Hall–Kier alpha value is -1.81. The average molecular weight is 277 g/mol. The van der Waals surface area contributed by atoms with Crippen LogP contribution in [0.3, 0.4) is 0 Å². The minimum Gasteiger partial charge on any atom is -0.368 e. The van der Waals surface area contributed by atoms with Crippen LogP contribution in [0.15, 0.2) is 42.6 Å². The molecule has 0 amide bonds. The first-order chi connectivity index (χ1) is 9.16. The van der Waals surface area contributed by atoms with Crippen molar-refractivity contribution in [2.24, 2.45) is 0 Å². The van der Waals surface area contributed by atoms with Crippen molar-refractivity contribution in [3.05, 3.63) is 48.2 Å². The summed E-state index contributed by atoms with van der Waals surface area (Å²) in [6.45, 7) is 0.620. The van der Waals surface area contributed by atoms with Gasteiger partial charge in [0, 0.05) is 26.8 Å². The third-order valence-electron chi connectivity index (χ3n) is 2.67. The SMILES string of the molecule is CN(C)c1nccc(NCC(Cl)c2ccccc2)n1. The number of nitrogens with one attached hydrogen (secondary N) is 1. The van der Waals surface area contributed by atoms with E-state index in [1.165, 1.54) is 0 Å². The van der Waals surface area contributed by atoms with Gasteiger partial charge in [-0.2, -0.15) is 4.98 Å². The van der Waals surface area contributed by atoms with Crippen LogP contribution in [0.2, 0.25) is 0 Å². The van der Waals surface area contributed by atoms with Gasteiger partial charge >= 0.3 is 0 Å². The molecular formula is C14H17ClN4. The molecule has 1 heterocycles. The molecule has 100 valence electrons. The number of aromatic nitrogens is 2. The van der Waals surface area contributed by atoms with Crippen LogP contribution in [0.25, 0.3) is 0 Å². The molecule has 0 aliphatic rings. The fraction of sp³-hybridized carbons (Fsp3) is 0.286. The van der Waals surface area contributed by atoms with Gasteiger partial charge in [-0.15, -0.1) is 11.6 Å². The predicted octanol–water partition coefficient (Wildman–Crippen LogP) is 2.93. The van der Waals surface area contributed by atoms with Crippen LogP contribution >= 0.6 is 11.6 Å². The third kappa shape index (κ3) is 3.83. The first kappa shape index (κ1) is 13.6. The Kier molecular flexibility index (Phi) is 4.58. The molecule has 0 radical (unpaired) electrons. The largest absolute Gasteiger partial charge is 0.368 e. The van der Waals surface area contributed by atoms with Crippen molar-refractivity contribution in [1.29, 1.82) is 0 Å². The summed E-state index contributed by atoms with van der Waals surface area (Å²) in [4.78, 5) is 10.4. The fourth-order valence-corrected chi connectivity index (χ4v) is 1.86. The average Bonchev–Trinajstić information content (AvgIpc) is 2.46. The zero-order chi connectivity index (χ0) is 13.7. The number of halogens is 1. The molecule has 1 aromatic heterocycles. The second-order valence-electron chi connectivity index (χ2n) is 4.40. The first-order valence-electron chi connectivity index (χ1n) is 6.10. The smallest absolute Gasteiger partial charge is 0.226 e. The molecule has 4 nitrogen and oxygen atoms in total. The summed E-state index contributed by atoms with van der Waals surface area (Å²) in [5.74, 6) is 1.45. The summed E-state index contributed by atoms with van der Waals surface area (Å²) in [6, 6.07) is 11.8. The highest BCUT2D eigenvalue weighted by molar-refractivity contribution is 6.21. The van der Waals surface area contributed by atoms with Gasteiger partial charge in [0.25, 0.3) is 0 Å². The number of alkyl halides is 1. The van der Waals surface area contributed by atoms with Gasteiger partial charge in [0.05, 0.1) is 5.38 Å². The van der Waals surface area contributed by atoms with Crippen molar-refractivity contribution in [3.63, 3.8) is 0 Å². The van der Waals surface area contributed by atoms with E-state index in [0.717, 1.165) is 11.4 Å². The number of rotatable bonds is 5. The number of anilines is 2. The standard InChI is InChI=1S/C14H17ClN4/c1-19(2)14-16-9-8-13(18-14)17-10-12(15)11-6-4-3-5-7-11/h3-9,12H,10H2,1-2H3,(H,16,17,18). The van der Waals surface area contributed by atoms with Gasteiger partial charge in [-0.3, -0.25) is 0 Å². The maximum absolute atomic E-state index is 6.34. The molecule has 0 spiro atoms. The van der Waals surface area contributed by atoms with Crippen LogP contribution in [0, 0.1) is 0 Å². The van der Waals surface area contributed by atoms with Gasteiger partial charge in [0.1, 0.15) is 5.82 Å². The third-order valence-corrected chi connectivity index (χ3v) is 3.07. The lowest BCUT2D eigenvalue weighted by Gasteiger charge is -2.14. The quantitative estimate of drug-likeness (QED) is 0.853. The molecule has 1 atom stereocenters. The molecule has 1 N–H and O–H groups in total. The Bertz CT molecular complexity index is 516. The second kappa shape index (κ2) is 6.38. The number of hydrogen-bond donors (Lipinski definition) is 1. The minimum atomic E-state index is -0.0843. The van der Waals surface area contributed by atoms with Crippen molar-refractivity contribution in [3.8, 4) is 0 Å². The zero-order valence-electron chi connectivity index (χ0n) is 11.0. The van der Waals surface area contributed by atoms with Crippen molar-refractivity contribution < 1.29 is 0 Å². The lowest BCUT2D eigenvalue weighted by atomic mass is 10.1. The Morgan fingerprint density at radius 1 is 1.21 bits per heavy atom. The first-order valence-corrected chi connectivity index (χ1v) is 6.53. The van der Waals surface area contributed by atoms with Crippen LogP contribution in [0.4, 0.5) is 11.8 Å². The minimum absolute atomic E-state index is 0.0843. The summed E-state index contributed by atoms with van der Waals surface area (Å²) < 4.78 is 0. The maximum atomic E-state index is 6.34. The summed E-state index contributed by atoms with van der Waals surface area (Å²) >= 11 is 6.34.